The lowest BCUT2D eigenvalue weighted by Gasteiger charge is -2.11. The Morgan fingerprint density at radius 1 is 1.24 bits per heavy atom. The van der Waals surface area contributed by atoms with Gasteiger partial charge < -0.3 is 16.0 Å². The number of aromatic amines is 1. The van der Waals surface area contributed by atoms with Gasteiger partial charge in [-0.15, -0.1) is 0 Å². The molecule has 3 rings (SSSR count). The van der Waals surface area contributed by atoms with E-state index in [1.807, 2.05) is 13.0 Å². The Morgan fingerprint density at radius 2 is 1.96 bits per heavy atom. The van der Waals surface area contributed by atoms with E-state index in [1.54, 1.807) is 44.6 Å². The van der Waals surface area contributed by atoms with Gasteiger partial charge in [-0.2, -0.15) is 10.1 Å². The molecule has 4 N–H and O–H groups in total. The molecule has 25 heavy (non-hydrogen) atoms. The van der Waals surface area contributed by atoms with E-state index in [-0.39, 0.29) is 5.91 Å². The van der Waals surface area contributed by atoms with Crippen molar-refractivity contribution in [1.82, 2.24) is 25.1 Å². The lowest BCUT2D eigenvalue weighted by Crippen LogP contribution is -2.21. The van der Waals surface area contributed by atoms with E-state index in [0.717, 1.165) is 11.4 Å². The number of nitrogen functional groups attached to an aromatic ring is 1. The van der Waals surface area contributed by atoms with Gasteiger partial charge in [0, 0.05) is 37.2 Å². The lowest BCUT2D eigenvalue weighted by molar-refractivity contribution is 0.0827. The zero-order chi connectivity index (χ0) is 18.0. The summed E-state index contributed by atoms with van der Waals surface area (Å²) in [5.74, 6) is 0.661. The van der Waals surface area contributed by atoms with Gasteiger partial charge in [-0.05, 0) is 37.3 Å². The van der Waals surface area contributed by atoms with Crippen LogP contribution < -0.4 is 11.1 Å². The molecule has 128 valence electrons. The highest BCUT2D eigenvalue weighted by atomic mass is 16.2. The van der Waals surface area contributed by atoms with Crippen LogP contribution in [0.25, 0.3) is 11.3 Å². The van der Waals surface area contributed by atoms with E-state index >= 15 is 0 Å². The topological polar surface area (TPSA) is 113 Å². The number of anilines is 3. The van der Waals surface area contributed by atoms with Crippen LogP contribution in [0.15, 0.2) is 36.5 Å². The third kappa shape index (κ3) is 3.57. The number of hydrogen-bond donors (Lipinski definition) is 3. The maximum atomic E-state index is 11.9. The SMILES string of the molecule is Cc1cc(-c2cnc(Nc3ccc(C(=O)N(C)C)cc3)nc2N)n[nH]1. The smallest absolute Gasteiger partial charge is 0.253 e. The van der Waals surface area contributed by atoms with E-state index in [4.69, 9.17) is 5.73 Å². The number of H-pyrrole nitrogens is 1. The van der Waals surface area contributed by atoms with Crippen LogP contribution in [-0.2, 0) is 0 Å². The van der Waals surface area contributed by atoms with E-state index < -0.39 is 0 Å². The Labute approximate surface area is 145 Å². The first kappa shape index (κ1) is 16.4. The summed E-state index contributed by atoms with van der Waals surface area (Å²) in [6.45, 7) is 1.91. The molecule has 3 aromatic rings. The van der Waals surface area contributed by atoms with E-state index in [2.05, 4.69) is 25.5 Å². The Kier molecular flexibility index (Phi) is 4.34. The van der Waals surface area contributed by atoms with Gasteiger partial charge in [-0.25, -0.2) is 4.98 Å². The number of carbonyl (C=O) groups excluding carboxylic acids is 1. The van der Waals surface area contributed by atoms with Crippen LogP contribution in [-0.4, -0.2) is 45.1 Å². The normalized spacial score (nSPS) is 10.5. The molecule has 0 aliphatic rings. The van der Waals surface area contributed by atoms with Crippen molar-refractivity contribution in [2.24, 2.45) is 0 Å². The second-order valence-corrected chi connectivity index (χ2v) is 5.83. The Hall–Kier alpha value is -3.42. The third-order valence-electron chi connectivity index (χ3n) is 3.59. The fourth-order valence-corrected chi connectivity index (χ4v) is 2.29. The highest BCUT2D eigenvalue weighted by Gasteiger charge is 2.11. The van der Waals surface area contributed by atoms with Gasteiger partial charge in [-0.3, -0.25) is 9.89 Å². The van der Waals surface area contributed by atoms with Crippen LogP contribution in [0.1, 0.15) is 16.1 Å². The van der Waals surface area contributed by atoms with Crippen LogP contribution in [0, 0.1) is 6.92 Å². The molecule has 8 heteroatoms. The molecule has 0 fully saturated rings. The summed E-state index contributed by atoms with van der Waals surface area (Å²) in [5, 5.41) is 10.1. The maximum absolute atomic E-state index is 11.9. The van der Waals surface area contributed by atoms with E-state index in [1.165, 1.54) is 4.90 Å². The van der Waals surface area contributed by atoms with Crippen molar-refractivity contribution in [3.05, 3.63) is 47.8 Å². The van der Waals surface area contributed by atoms with Crippen molar-refractivity contribution in [2.45, 2.75) is 6.92 Å². The van der Waals surface area contributed by atoms with Crippen molar-refractivity contribution in [2.75, 3.05) is 25.1 Å². The van der Waals surface area contributed by atoms with Crippen molar-refractivity contribution < 1.29 is 4.79 Å². The second-order valence-electron chi connectivity index (χ2n) is 5.83. The second kappa shape index (κ2) is 6.60. The van der Waals surface area contributed by atoms with Crippen molar-refractivity contribution >= 4 is 23.4 Å². The molecule has 0 spiro atoms. The van der Waals surface area contributed by atoms with Gasteiger partial charge in [-0.1, -0.05) is 0 Å². The summed E-state index contributed by atoms with van der Waals surface area (Å²) in [5.41, 5.74) is 9.70. The van der Waals surface area contributed by atoms with E-state index in [9.17, 15) is 4.79 Å². The Balaban J connectivity index is 1.77. The molecule has 0 unspecified atom stereocenters. The van der Waals surface area contributed by atoms with Crippen molar-refractivity contribution in [3.63, 3.8) is 0 Å². The molecule has 0 bridgehead atoms. The number of carbonyl (C=O) groups is 1. The largest absolute Gasteiger partial charge is 0.383 e. The van der Waals surface area contributed by atoms with E-state index in [0.29, 0.717) is 28.6 Å². The average molecular weight is 337 g/mol. The molecule has 0 saturated heterocycles. The zero-order valence-corrected chi connectivity index (χ0v) is 14.2. The first-order valence-corrected chi connectivity index (χ1v) is 7.67. The molecule has 0 radical (unpaired) electrons. The van der Waals surface area contributed by atoms with Gasteiger partial charge >= 0.3 is 0 Å². The van der Waals surface area contributed by atoms with Crippen LogP contribution in [0.2, 0.25) is 0 Å². The Bertz CT molecular complexity index is 900. The van der Waals surface area contributed by atoms with Gasteiger partial charge in [0.2, 0.25) is 5.95 Å². The fraction of sp³-hybridized carbons (Fsp3) is 0.176. The standard InChI is InChI=1S/C17H19N7O/c1-10-8-14(23-22-10)13-9-19-17(21-15(13)18)20-12-6-4-11(5-7-12)16(25)24(2)3/h4-9H,1-3H3,(H,22,23)(H3,18,19,20,21). The van der Waals surface area contributed by atoms with Gasteiger partial charge in [0.05, 0.1) is 11.3 Å². The number of benzene rings is 1. The first-order valence-electron chi connectivity index (χ1n) is 7.67. The maximum Gasteiger partial charge on any atom is 0.253 e. The average Bonchev–Trinajstić information content (AvgIpc) is 3.01. The highest BCUT2D eigenvalue weighted by Crippen LogP contribution is 2.24. The van der Waals surface area contributed by atoms with Crippen LogP contribution in [0.4, 0.5) is 17.5 Å². The molecule has 0 saturated carbocycles. The zero-order valence-electron chi connectivity index (χ0n) is 14.2. The number of amides is 1. The van der Waals surface area contributed by atoms with Crippen LogP contribution in [0.3, 0.4) is 0 Å². The van der Waals surface area contributed by atoms with Crippen molar-refractivity contribution in [1.29, 1.82) is 0 Å². The Morgan fingerprint density at radius 3 is 2.52 bits per heavy atom. The molecule has 2 heterocycles. The summed E-state index contributed by atoms with van der Waals surface area (Å²) in [7, 11) is 3.43. The van der Waals surface area contributed by atoms with Gasteiger partial charge in [0.25, 0.3) is 5.91 Å². The van der Waals surface area contributed by atoms with Gasteiger partial charge in [0.15, 0.2) is 0 Å². The fourth-order valence-electron chi connectivity index (χ4n) is 2.29. The molecule has 2 aromatic heterocycles. The predicted octanol–water partition coefficient (Wildman–Crippen LogP) is 2.20. The molecule has 0 aliphatic heterocycles. The molecular formula is C17H19N7O. The predicted molar refractivity (Wildman–Crippen MR) is 96.5 cm³/mol. The molecule has 1 amide bonds. The number of aryl methyl sites for hydroxylation is 1. The summed E-state index contributed by atoms with van der Waals surface area (Å²) >= 11 is 0. The molecule has 1 aromatic carbocycles. The number of nitrogens with two attached hydrogens (primary N) is 1. The molecule has 0 aliphatic carbocycles. The summed E-state index contributed by atoms with van der Waals surface area (Å²) < 4.78 is 0. The monoisotopic (exact) mass is 337 g/mol. The lowest BCUT2D eigenvalue weighted by atomic mass is 10.2. The van der Waals surface area contributed by atoms with Gasteiger partial charge in [0.1, 0.15) is 5.82 Å². The number of hydrogen-bond acceptors (Lipinski definition) is 6. The molecule has 0 atom stereocenters. The molecule has 8 nitrogen and oxygen atoms in total. The summed E-state index contributed by atoms with van der Waals surface area (Å²) in [6, 6.07) is 8.95. The minimum absolute atomic E-state index is 0.0503. The quantitative estimate of drug-likeness (QED) is 0.673. The minimum atomic E-state index is -0.0503. The number of nitrogens with zero attached hydrogens (tertiary/aromatic N) is 4. The number of aromatic nitrogens is 4. The third-order valence-corrected chi connectivity index (χ3v) is 3.59. The summed E-state index contributed by atoms with van der Waals surface area (Å²) in [6.07, 6.45) is 1.63. The van der Waals surface area contributed by atoms with Crippen molar-refractivity contribution in [3.8, 4) is 11.3 Å². The summed E-state index contributed by atoms with van der Waals surface area (Å²) in [4.78, 5) is 22.0. The number of rotatable bonds is 4. The van der Waals surface area contributed by atoms with Crippen LogP contribution in [0.5, 0.6) is 0 Å². The highest BCUT2D eigenvalue weighted by molar-refractivity contribution is 5.94. The minimum Gasteiger partial charge on any atom is -0.383 e. The van der Waals surface area contributed by atoms with Crippen LogP contribution >= 0.6 is 0 Å². The molecular weight excluding hydrogens is 318 g/mol. The number of nitrogens with one attached hydrogen (secondary N) is 2. The first-order chi connectivity index (χ1) is 11.9.